The highest BCUT2D eigenvalue weighted by Gasteiger charge is 2.00. The zero-order chi connectivity index (χ0) is 10.4. The van der Waals surface area contributed by atoms with E-state index in [4.69, 9.17) is 10.2 Å². The minimum Gasteiger partial charge on any atom is -0.424 e. The Morgan fingerprint density at radius 3 is 2.86 bits per heavy atom. The van der Waals surface area contributed by atoms with Gasteiger partial charge in [0.1, 0.15) is 0 Å². The zero-order valence-corrected chi connectivity index (χ0v) is 7.91. The van der Waals surface area contributed by atoms with Crippen molar-refractivity contribution >= 4 is 6.03 Å². The molecule has 0 aromatic carbocycles. The first kappa shape index (κ1) is 10.5. The van der Waals surface area contributed by atoms with E-state index in [1.165, 1.54) is 0 Å². The number of hydrogen-bond acceptors (Lipinski definition) is 5. The van der Waals surface area contributed by atoms with Gasteiger partial charge in [-0.25, -0.2) is 4.79 Å². The number of aromatic nitrogens is 2. The highest BCUT2D eigenvalue weighted by atomic mass is 16.4. The van der Waals surface area contributed by atoms with Crippen LogP contribution >= 0.6 is 0 Å². The summed E-state index contributed by atoms with van der Waals surface area (Å²) in [6.45, 7) is 3.29. The van der Waals surface area contributed by atoms with Crippen LogP contribution in [0.4, 0.5) is 4.79 Å². The first-order valence-corrected chi connectivity index (χ1v) is 4.21. The summed E-state index contributed by atoms with van der Waals surface area (Å²) in [4.78, 5) is 10.3. The van der Waals surface area contributed by atoms with Crippen molar-refractivity contribution in [2.24, 2.45) is 5.73 Å². The number of nitrogens with two attached hydrogens (primary N) is 1. The van der Waals surface area contributed by atoms with E-state index in [0.29, 0.717) is 31.4 Å². The molecule has 0 saturated heterocycles. The Bertz CT molecular complexity index is 298. The molecule has 7 heteroatoms. The van der Waals surface area contributed by atoms with E-state index in [9.17, 15) is 4.79 Å². The average Bonchev–Trinajstić information content (AvgIpc) is 2.50. The summed E-state index contributed by atoms with van der Waals surface area (Å²) in [5.74, 6) is 1.07. The van der Waals surface area contributed by atoms with Crippen molar-refractivity contribution in [1.82, 2.24) is 20.8 Å². The molecule has 0 unspecified atom stereocenters. The van der Waals surface area contributed by atoms with Gasteiger partial charge < -0.3 is 20.8 Å². The van der Waals surface area contributed by atoms with E-state index in [2.05, 4.69) is 20.8 Å². The Labute approximate surface area is 81.1 Å². The molecule has 78 valence electrons. The van der Waals surface area contributed by atoms with Crippen molar-refractivity contribution in [1.29, 1.82) is 0 Å². The number of amides is 2. The molecule has 0 bridgehead atoms. The van der Waals surface area contributed by atoms with Gasteiger partial charge in [0.25, 0.3) is 0 Å². The average molecular weight is 199 g/mol. The van der Waals surface area contributed by atoms with Crippen LogP contribution in [0.25, 0.3) is 0 Å². The molecule has 0 fully saturated rings. The lowest BCUT2D eigenvalue weighted by molar-refractivity contribution is 0.249. The number of rotatable bonds is 5. The van der Waals surface area contributed by atoms with E-state index in [-0.39, 0.29) is 0 Å². The van der Waals surface area contributed by atoms with Gasteiger partial charge in [0.05, 0.1) is 6.54 Å². The number of nitrogens with one attached hydrogen (secondary N) is 2. The Balaban J connectivity index is 2.07. The molecule has 0 atom stereocenters. The second-order valence-corrected chi connectivity index (χ2v) is 2.68. The summed E-state index contributed by atoms with van der Waals surface area (Å²) >= 11 is 0. The lowest BCUT2D eigenvalue weighted by Gasteiger charge is -2.01. The van der Waals surface area contributed by atoms with Gasteiger partial charge in [-0.05, 0) is 0 Å². The molecule has 0 spiro atoms. The van der Waals surface area contributed by atoms with Crippen molar-refractivity contribution < 1.29 is 9.21 Å². The molecule has 1 aromatic rings. The van der Waals surface area contributed by atoms with Gasteiger partial charge in [0.2, 0.25) is 11.8 Å². The van der Waals surface area contributed by atoms with Crippen LogP contribution in [0.3, 0.4) is 0 Å². The van der Waals surface area contributed by atoms with Crippen molar-refractivity contribution in [2.45, 2.75) is 13.5 Å². The van der Waals surface area contributed by atoms with E-state index in [1.54, 1.807) is 6.92 Å². The molecule has 1 aromatic heterocycles. The van der Waals surface area contributed by atoms with Crippen LogP contribution < -0.4 is 16.4 Å². The second kappa shape index (κ2) is 5.18. The maximum absolute atomic E-state index is 10.3. The minimum atomic E-state index is -0.527. The summed E-state index contributed by atoms with van der Waals surface area (Å²) in [7, 11) is 0. The molecule has 1 heterocycles. The third-order valence-corrected chi connectivity index (χ3v) is 1.45. The number of carbonyl (C=O) groups is 1. The molecular weight excluding hydrogens is 186 g/mol. The molecule has 0 saturated carbocycles. The van der Waals surface area contributed by atoms with E-state index >= 15 is 0 Å². The van der Waals surface area contributed by atoms with Crippen LogP contribution in [0, 0.1) is 6.92 Å². The van der Waals surface area contributed by atoms with Gasteiger partial charge in [-0.3, -0.25) is 0 Å². The van der Waals surface area contributed by atoms with Crippen LogP contribution in [0.2, 0.25) is 0 Å². The molecule has 0 aliphatic heterocycles. The van der Waals surface area contributed by atoms with Crippen LogP contribution in [0.15, 0.2) is 4.42 Å². The number of nitrogens with zero attached hydrogens (tertiary/aromatic N) is 2. The Morgan fingerprint density at radius 2 is 2.29 bits per heavy atom. The van der Waals surface area contributed by atoms with Crippen molar-refractivity contribution in [3.63, 3.8) is 0 Å². The maximum Gasteiger partial charge on any atom is 0.312 e. The Hall–Kier alpha value is -1.63. The lowest BCUT2D eigenvalue weighted by atomic mass is 10.5. The number of hydrogen-bond donors (Lipinski definition) is 3. The molecule has 2 amide bonds. The summed E-state index contributed by atoms with van der Waals surface area (Å²) in [5.41, 5.74) is 4.87. The molecule has 7 nitrogen and oxygen atoms in total. The third kappa shape index (κ3) is 3.85. The fourth-order valence-electron chi connectivity index (χ4n) is 0.878. The number of primary amides is 1. The fourth-order valence-corrected chi connectivity index (χ4v) is 0.878. The summed E-state index contributed by atoms with van der Waals surface area (Å²) in [5, 5.41) is 12.9. The van der Waals surface area contributed by atoms with Gasteiger partial charge >= 0.3 is 6.03 Å². The zero-order valence-electron chi connectivity index (χ0n) is 7.91. The van der Waals surface area contributed by atoms with Crippen molar-refractivity contribution in [2.75, 3.05) is 13.1 Å². The second-order valence-electron chi connectivity index (χ2n) is 2.68. The molecule has 4 N–H and O–H groups in total. The van der Waals surface area contributed by atoms with Crippen molar-refractivity contribution in [3.8, 4) is 0 Å². The quantitative estimate of drug-likeness (QED) is 0.535. The molecule has 0 radical (unpaired) electrons. The van der Waals surface area contributed by atoms with Gasteiger partial charge in [-0.2, -0.15) is 0 Å². The number of carbonyl (C=O) groups excluding carboxylic acids is 1. The molecule has 0 aliphatic rings. The predicted octanol–water partition coefficient (Wildman–Crippen LogP) is -0.864. The first-order chi connectivity index (χ1) is 6.68. The number of aryl methyl sites for hydroxylation is 1. The van der Waals surface area contributed by atoms with Crippen LogP contribution in [0.1, 0.15) is 11.8 Å². The normalized spacial score (nSPS) is 10.1. The van der Waals surface area contributed by atoms with Gasteiger partial charge in [-0.1, -0.05) is 0 Å². The minimum absolute atomic E-state index is 0.475. The van der Waals surface area contributed by atoms with E-state index < -0.39 is 6.03 Å². The van der Waals surface area contributed by atoms with Gasteiger partial charge in [-0.15, -0.1) is 10.2 Å². The Morgan fingerprint density at radius 1 is 1.50 bits per heavy atom. The summed E-state index contributed by atoms with van der Waals surface area (Å²) in [6, 6.07) is -0.527. The predicted molar refractivity (Wildman–Crippen MR) is 48.3 cm³/mol. The fraction of sp³-hybridized carbons (Fsp3) is 0.571. The van der Waals surface area contributed by atoms with Gasteiger partial charge in [0, 0.05) is 20.0 Å². The topological polar surface area (TPSA) is 106 Å². The van der Waals surface area contributed by atoms with Crippen molar-refractivity contribution in [3.05, 3.63) is 11.8 Å². The van der Waals surface area contributed by atoms with Crippen LogP contribution in [0.5, 0.6) is 0 Å². The van der Waals surface area contributed by atoms with Gasteiger partial charge in [0.15, 0.2) is 0 Å². The smallest absolute Gasteiger partial charge is 0.312 e. The lowest BCUT2D eigenvalue weighted by Crippen LogP contribution is -2.35. The first-order valence-electron chi connectivity index (χ1n) is 4.21. The highest BCUT2D eigenvalue weighted by Crippen LogP contribution is 1.95. The standard InChI is InChI=1S/C7H13N5O2/c1-5-11-12-6(14-5)4-9-2-3-10-7(8)13/h9H,2-4H2,1H3,(H3,8,10,13). The monoisotopic (exact) mass is 199 g/mol. The maximum atomic E-state index is 10.3. The molecule has 1 rings (SSSR count). The molecule has 0 aliphatic carbocycles. The van der Waals surface area contributed by atoms with Crippen LogP contribution in [-0.4, -0.2) is 29.3 Å². The molecule has 14 heavy (non-hydrogen) atoms. The highest BCUT2D eigenvalue weighted by molar-refractivity contribution is 5.71. The molecular formula is C7H13N5O2. The van der Waals surface area contributed by atoms with E-state index in [1.807, 2.05) is 0 Å². The van der Waals surface area contributed by atoms with Crippen LogP contribution in [-0.2, 0) is 6.54 Å². The Kier molecular flexibility index (Phi) is 3.86. The van der Waals surface area contributed by atoms with E-state index in [0.717, 1.165) is 0 Å². The SMILES string of the molecule is Cc1nnc(CNCCNC(N)=O)o1. The third-order valence-electron chi connectivity index (χ3n) is 1.45. The largest absolute Gasteiger partial charge is 0.424 e. The summed E-state index contributed by atoms with van der Waals surface area (Å²) < 4.78 is 5.11. The number of urea groups is 1. The summed E-state index contributed by atoms with van der Waals surface area (Å²) in [6.07, 6.45) is 0.